The third-order valence-corrected chi connectivity index (χ3v) is 7.45. The summed E-state index contributed by atoms with van der Waals surface area (Å²) in [4.78, 5) is 14.7. The summed E-state index contributed by atoms with van der Waals surface area (Å²) in [5.41, 5.74) is 3.33. The van der Waals surface area contributed by atoms with Crippen LogP contribution in [0.15, 0.2) is 36.4 Å². The quantitative estimate of drug-likeness (QED) is 0.404. The molecule has 0 bridgehead atoms. The van der Waals surface area contributed by atoms with E-state index < -0.39 is 0 Å². The van der Waals surface area contributed by atoms with Crippen molar-refractivity contribution in [3.05, 3.63) is 52.8 Å². The molecule has 0 spiro atoms. The number of benzene rings is 2. The maximum Gasteiger partial charge on any atom is 0.141 e. The summed E-state index contributed by atoms with van der Waals surface area (Å²) < 4.78 is 5.63. The molecule has 2 aliphatic rings. The lowest BCUT2D eigenvalue weighted by Gasteiger charge is -2.34. The fourth-order valence-corrected chi connectivity index (χ4v) is 5.47. The maximum absolute atomic E-state index is 7.04. The molecule has 33 heavy (non-hydrogen) atoms. The molecule has 0 amide bonds. The number of halogens is 1. The summed E-state index contributed by atoms with van der Waals surface area (Å²) in [5, 5.41) is 1.77. The van der Waals surface area contributed by atoms with E-state index in [2.05, 4.69) is 54.1 Å². The molecule has 0 N–H and O–H groups in total. The number of methoxy groups -OCH3 is 1. The molecule has 6 heteroatoms. The molecule has 0 radical (unpaired) electrons. The van der Waals surface area contributed by atoms with Gasteiger partial charge in [-0.25, -0.2) is 9.97 Å². The average Bonchev–Trinajstić information content (AvgIpc) is 3.69. The van der Waals surface area contributed by atoms with Crippen molar-refractivity contribution in [2.75, 3.05) is 43.6 Å². The van der Waals surface area contributed by atoms with Gasteiger partial charge in [-0.15, -0.1) is 0 Å². The van der Waals surface area contributed by atoms with Gasteiger partial charge in [0.25, 0.3) is 0 Å². The fourth-order valence-electron chi connectivity index (χ4n) is 5.08. The predicted octanol–water partition coefficient (Wildman–Crippen LogP) is 6.40. The van der Waals surface area contributed by atoms with Crippen molar-refractivity contribution in [1.29, 1.82) is 0 Å². The van der Waals surface area contributed by atoms with Crippen LogP contribution in [0.3, 0.4) is 0 Å². The van der Waals surface area contributed by atoms with Crippen molar-refractivity contribution < 1.29 is 4.74 Å². The molecule has 1 aromatic heterocycles. The normalized spacial score (nSPS) is 16.9. The van der Waals surface area contributed by atoms with Crippen molar-refractivity contribution in [3.63, 3.8) is 0 Å². The standard InChI is InChI=1S/C27H33ClN4O/c1-4-15-31(2)22-12-11-21-24(25(22)28)27(30-26(29-21)19-9-10-19)32-16-13-18(14-17-32)20-7-5-6-8-23(20)33-3/h5-8,11-12,18-19H,4,9-10,13-17H2,1-3H3. The number of hydrogen-bond acceptors (Lipinski definition) is 5. The zero-order valence-electron chi connectivity index (χ0n) is 19.9. The number of hydrogen-bond donors (Lipinski definition) is 0. The Bertz CT molecular complexity index is 1140. The Balaban J connectivity index is 1.49. The molecule has 1 saturated carbocycles. The van der Waals surface area contributed by atoms with E-state index in [4.69, 9.17) is 26.3 Å². The summed E-state index contributed by atoms with van der Waals surface area (Å²) in [6, 6.07) is 12.7. The maximum atomic E-state index is 7.04. The Kier molecular flexibility index (Phi) is 6.33. The number of para-hydroxylation sites is 1. The second-order valence-corrected chi connectivity index (χ2v) is 9.78. The first-order valence-electron chi connectivity index (χ1n) is 12.2. The third-order valence-electron chi connectivity index (χ3n) is 7.06. The van der Waals surface area contributed by atoms with Crippen LogP contribution >= 0.6 is 11.6 Å². The van der Waals surface area contributed by atoms with E-state index in [-0.39, 0.29) is 0 Å². The number of rotatable bonds is 7. The van der Waals surface area contributed by atoms with Crippen molar-refractivity contribution in [2.24, 2.45) is 0 Å². The van der Waals surface area contributed by atoms with Crippen molar-refractivity contribution in [3.8, 4) is 5.75 Å². The lowest BCUT2D eigenvalue weighted by Crippen LogP contribution is -2.34. The molecule has 1 aliphatic heterocycles. The Morgan fingerprint density at radius 1 is 1.03 bits per heavy atom. The highest BCUT2D eigenvalue weighted by Crippen LogP contribution is 2.44. The zero-order valence-corrected chi connectivity index (χ0v) is 20.6. The minimum absolute atomic E-state index is 0.495. The lowest BCUT2D eigenvalue weighted by atomic mass is 9.88. The summed E-state index contributed by atoms with van der Waals surface area (Å²) >= 11 is 7.04. The molecule has 5 rings (SSSR count). The van der Waals surface area contributed by atoms with Gasteiger partial charge in [-0.2, -0.15) is 0 Å². The van der Waals surface area contributed by atoms with Crippen LogP contribution in [0.1, 0.15) is 62.3 Å². The number of fused-ring (bicyclic) bond motifs is 1. The van der Waals surface area contributed by atoms with Gasteiger partial charge in [0, 0.05) is 32.6 Å². The lowest BCUT2D eigenvalue weighted by molar-refractivity contribution is 0.397. The predicted molar refractivity (Wildman–Crippen MR) is 137 cm³/mol. The summed E-state index contributed by atoms with van der Waals surface area (Å²) in [7, 11) is 3.87. The van der Waals surface area contributed by atoms with Crippen LogP contribution < -0.4 is 14.5 Å². The van der Waals surface area contributed by atoms with E-state index in [0.29, 0.717) is 11.8 Å². The summed E-state index contributed by atoms with van der Waals surface area (Å²) in [6.07, 6.45) is 5.58. The Hall–Kier alpha value is -2.53. The first-order chi connectivity index (χ1) is 16.1. The SMILES string of the molecule is CCCN(C)c1ccc2nc(C3CC3)nc(N3CCC(c4ccccc4OC)CC3)c2c1Cl. The Morgan fingerprint density at radius 2 is 1.79 bits per heavy atom. The van der Waals surface area contributed by atoms with Crippen LogP contribution in [0.2, 0.25) is 5.02 Å². The van der Waals surface area contributed by atoms with Crippen molar-refractivity contribution >= 4 is 34.0 Å². The zero-order chi connectivity index (χ0) is 22.9. The molecule has 174 valence electrons. The average molecular weight is 465 g/mol. The van der Waals surface area contributed by atoms with E-state index >= 15 is 0 Å². The van der Waals surface area contributed by atoms with Crippen molar-refractivity contribution in [1.82, 2.24) is 9.97 Å². The van der Waals surface area contributed by atoms with E-state index in [1.54, 1.807) is 7.11 Å². The third kappa shape index (κ3) is 4.35. The first kappa shape index (κ1) is 22.3. The van der Waals surface area contributed by atoms with Gasteiger partial charge in [0.05, 0.1) is 28.7 Å². The van der Waals surface area contributed by atoms with Crippen LogP contribution in [0, 0.1) is 0 Å². The minimum atomic E-state index is 0.495. The second-order valence-electron chi connectivity index (χ2n) is 9.40. The number of piperidine rings is 1. The smallest absolute Gasteiger partial charge is 0.141 e. The van der Waals surface area contributed by atoms with E-state index in [9.17, 15) is 0 Å². The van der Waals surface area contributed by atoms with Crippen LogP contribution in [0.25, 0.3) is 10.9 Å². The highest BCUT2D eigenvalue weighted by atomic mass is 35.5. The van der Waals surface area contributed by atoms with Crippen LogP contribution in [-0.4, -0.2) is 43.8 Å². The molecule has 2 aromatic carbocycles. The summed E-state index contributed by atoms with van der Waals surface area (Å²) in [5.74, 6) is 3.98. The molecule has 0 atom stereocenters. The molecule has 2 fully saturated rings. The van der Waals surface area contributed by atoms with Gasteiger partial charge in [-0.1, -0.05) is 36.7 Å². The highest BCUT2D eigenvalue weighted by molar-refractivity contribution is 6.39. The molecule has 1 saturated heterocycles. The van der Waals surface area contributed by atoms with Crippen molar-refractivity contribution in [2.45, 2.75) is 50.9 Å². The van der Waals surface area contributed by atoms with E-state index in [1.807, 2.05) is 6.07 Å². The molecule has 3 aromatic rings. The molecule has 1 aliphatic carbocycles. The van der Waals surface area contributed by atoms with Gasteiger partial charge < -0.3 is 14.5 Å². The molecular weight excluding hydrogens is 432 g/mol. The largest absolute Gasteiger partial charge is 0.496 e. The molecule has 2 heterocycles. The minimum Gasteiger partial charge on any atom is -0.496 e. The first-order valence-corrected chi connectivity index (χ1v) is 12.6. The van der Waals surface area contributed by atoms with E-state index in [0.717, 1.165) is 77.9 Å². The fraction of sp³-hybridized carbons (Fsp3) is 0.481. The van der Waals surface area contributed by atoms with Gasteiger partial charge >= 0.3 is 0 Å². The highest BCUT2D eigenvalue weighted by Gasteiger charge is 2.31. The van der Waals surface area contributed by atoms with Gasteiger partial charge in [0.15, 0.2) is 0 Å². The molecule has 5 nitrogen and oxygen atoms in total. The number of nitrogens with zero attached hydrogens (tertiary/aromatic N) is 4. The second kappa shape index (κ2) is 9.38. The van der Waals surface area contributed by atoms with Crippen LogP contribution in [-0.2, 0) is 0 Å². The topological polar surface area (TPSA) is 41.5 Å². The Labute approximate surface area is 201 Å². The summed E-state index contributed by atoms with van der Waals surface area (Å²) in [6.45, 7) is 5.05. The number of aromatic nitrogens is 2. The van der Waals surface area contributed by atoms with Gasteiger partial charge in [0.2, 0.25) is 0 Å². The number of ether oxygens (including phenoxy) is 1. The Morgan fingerprint density at radius 3 is 2.48 bits per heavy atom. The van der Waals surface area contributed by atoms with Crippen LogP contribution in [0.4, 0.5) is 11.5 Å². The monoisotopic (exact) mass is 464 g/mol. The van der Waals surface area contributed by atoms with Gasteiger partial charge in [0.1, 0.15) is 17.4 Å². The van der Waals surface area contributed by atoms with Gasteiger partial charge in [-0.3, -0.25) is 0 Å². The van der Waals surface area contributed by atoms with Crippen LogP contribution in [0.5, 0.6) is 5.75 Å². The number of anilines is 2. The molecule has 0 unspecified atom stereocenters. The molecular formula is C27H33ClN4O. The van der Waals surface area contributed by atoms with E-state index in [1.165, 1.54) is 18.4 Å². The van der Waals surface area contributed by atoms with Gasteiger partial charge in [-0.05, 0) is 61.8 Å².